The van der Waals surface area contributed by atoms with Gasteiger partial charge in [0.2, 0.25) is 5.91 Å². The third-order valence-corrected chi connectivity index (χ3v) is 6.31. The van der Waals surface area contributed by atoms with Crippen molar-refractivity contribution in [3.8, 4) is 5.75 Å². The zero-order valence-electron chi connectivity index (χ0n) is 18.6. The average Bonchev–Trinajstić information content (AvgIpc) is 3.08. The topological polar surface area (TPSA) is 61.9 Å². The molecule has 3 aromatic rings. The quantitative estimate of drug-likeness (QED) is 0.451. The third kappa shape index (κ3) is 5.38. The Hall–Kier alpha value is -3.42. The maximum Gasteiger partial charge on any atom is 0.256 e. The third-order valence-electron chi connectivity index (χ3n) is 5.64. The van der Waals surface area contributed by atoms with Gasteiger partial charge in [0.1, 0.15) is 11.8 Å². The van der Waals surface area contributed by atoms with E-state index in [1.165, 1.54) is 4.90 Å². The number of ether oxygens (including phenoxy) is 1. The molecule has 8 heteroatoms. The minimum Gasteiger partial charge on any atom is -0.497 e. The minimum absolute atomic E-state index is 0.0203. The lowest BCUT2D eigenvalue weighted by molar-refractivity contribution is -0.124. The second-order valence-corrected chi connectivity index (χ2v) is 8.66. The molecule has 1 unspecified atom stereocenters. The first-order valence-corrected chi connectivity index (χ1v) is 11.6. The molecule has 174 valence electrons. The molecular formula is C26H24ClN3O3S. The molecule has 4 rings (SSSR count). The standard InChI is InChI=1S/C26H24ClN3O3S/c1-33-22-13-7-18(8-14-22)15-16-29-23(17-24(31)28-20-11-9-19(27)10-12-20)25(32)30(26(29)34)21-5-3-2-4-6-21/h2-14,23H,15-17H2,1H3,(H,28,31). The number of nitrogens with one attached hydrogen (secondary N) is 1. The molecular weight excluding hydrogens is 470 g/mol. The van der Waals surface area contributed by atoms with Crippen LogP contribution in [0.2, 0.25) is 5.02 Å². The van der Waals surface area contributed by atoms with Gasteiger partial charge in [0.05, 0.1) is 19.2 Å². The first-order chi connectivity index (χ1) is 16.5. The van der Waals surface area contributed by atoms with Gasteiger partial charge in [-0.2, -0.15) is 0 Å². The van der Waals surface area contributed by atoms with E-state index in [0.29, 0.717) is 34.5 Å². The Bertz CT molecular complexity index is 1170. The van der Waals surface area contributed by atoms with E-state index in [4.69, 9.17) is 28.6 Å². The fourth-order valence-electron chi connectivity index (χ4n) is 3.86. The maximum absolute atomic E-state index is 13.4. The molecule has 1 saturated heterocycles. The number of hydrogen-bond acceptors (Lipinski definition) is 4. The van der Waals surface area contributed by atoms with E-state index in [0.717, 1.165) is 11.3 Å². The molecule has 34 heavy (non-hydrogen) atoms. The van der Waals surface area contributed by atoms with Crippen LogP contribution in [0.1, 0.15) is 12.0 Å². The van der Waals surface area contributed by atoms with Crippen molar-refractivity contribution in [2.45, 2.75) is 18.9 Å². The molecule has 1 aliphatic rings. The van der Waals surface area contributed by atoms with Gasteiger partial charge < -0.3 is 15.0 Å². The molecule has 1 atom stereocenters. The molecule has 1 heterocycles. The molecule has 0 bridgehead atoms. The summed E-state index contributed by atoms with van der Waals surface area (Å²) in [6.07, 6.45) is 0.642. The number of rotatable bonds is 8. The van der Waals surface area contributed by atoms with Gasteiger partial charge in [-0.1, -0.05) is 41.9 Å². The molecule has 1 aliphatic heterocycles. The van der Waals surface area contributed by atoms with Crippen molar-refractivity contribution >= 4 is 52.1 Å². The number of carbonyl (C=O) groups is 2. The van der Waals surface area contributed by atoms with Crippen molar-refractivity contribution in [3.05, 3.63) is 89.4 Å². The van der Waals surface area contributed by atoms with Crippen LogP contribution in [0.4, 0.5) is 11.4 Å². The Morgan fingerprint density at radius 3 is 2.35 bits per heavy atom. The zero-order valence-corrected chi connectivity index (χ0v) is 20.2. The molecule has 6 nitrogen and oxygen atoms in total. The number of para-hydroxylation sites is 1. The maximum atomic E-state index is 13.4. The number of methoxy groups -OCH3 is 1. The predicted molar refractivity (Wildman–Crippen MR) is 138 cm³/mol. The minimum atomic E-state index is -0.696. The van der Waals surface area contributed by atoms with Gasteiger partial charge in [-0.25, -0.2) is 0 Å². The Labute approximate surface area is 209 Å². The molecule has 1 N–H and O–H groups in total. The number of carbonyl (C=O) groups excluding carboxylic acids is 2. The number of hydrogen-bond donors (Lipinski definition) is 1. The van der Waals surface area contributed by atoms with Crippen molar-refractivity contribution in [2.75, 3.05) is 23.9 Å². The van der Waals surface area contributed by atoms with E-state index >= 15 is 0 Å². The highest BCUT2D eigenvalue weighted by Gasteiger charge is 2.43. The number of anilines is 2. The van der Waals surface area contributed by atoms with Gasteiger partial charge >= 0.3 is 0 Å². The summed E-state index contributed by atoms with van der Waals surface area (Å²) in [7, 11) is 1.63. The second kappa shape index (κ2) is 10.7. The molecule has 0 aromatic heterocycles. The van der Waals surface area contributed by atoms with Crippen molar-refractivity contribution in [2.24, 2.45) is 0 Å². The average molecular weight is 494 g/mol. The Kier molecular flexibility index (Phi) is 7.45. The van der Waals surface area contributed by atoms with Gasteiger partial charge in [-0.3, -0.25) is 14.5 Å². The van der Waals surface area contributed by atoms with Crippen LogP contribution in [-0.2, 0) is 16.0 Å². The molecule has 2 amide bonds. The van der Waals surface area contributed by atoms with Crippen molar-refractivity contribution in [1.29, 1.82) is 0 Å². The molecule has 0 spiro atoms. The monoisotopic (exact) mass is 493 g/mol. The van der Waals surface area contributed by atoms with Crippen molar-refractivity contribution < 1.29 is 14.3 Å². The number of benzene rings is 3. The van der Waals surface area contributed by atoms with E-state index < -0.39 is 6.04 Å². The van der Waals surface area contributed by atoms with Crippen LogP contribution >= 0.6 is 23.8 Å². The number of nitrogens with zero attached hydrogens (tertiary/aromatic N) is 2. The zero-order chi connectivity index (χ0) is 24.1. The predicted octanol–water partition coefficient (Wildman–Crippen LogP) is 4.92. The Balaban J connectivity index is 1.53. The highest BCUT2D eigenvalue weighted by Crippen LogP contribution is 2.28. The SMILES string of the molecule is COc1ccc(CCN2C(=S)N(c3ccccc3)C(=O)C2CC(=O)Nc2ccc(Cl)cc2)cc1. The van der Waals surface area contributed by atoms with Gasteiger partial charge in [0.15, 0.2) is 5.11 Å². The summed E-state index contributed by atoms with van der Waals surface area (Å²) in [4.78, 5) is 29.6. The summed E-state index contributed by atoms with van der Waals surface area (Å²) in [6, 6.07) is 23.2. The van der Waals surface area contributed by atoms with Gasteiger partial charge in [-0.15, -0.1) is 0 Å². The highest BCUT2D eigenvalue weighted by atomic mass is 35.5. The second-order valence-electron chi connectivity index (χ2n) is 7.86. The van der Waals surface area contributed by atoms with Crippen LogP contribution in [0.15, 0.2) is 78.9 Å². The van der Waals surface area contributed by atoms with E-state index in [9.17, 15) is 9.59 Å². The van der Waals surface area contributed by atoms with Gasteiger partial charge in [0, 0.05) is 17.3 Å². The lowest BCUT2D eigenvalue weighted by Crippen LogP contribution is -2.39. The summed E-state index contributed by atoms with van der Waals surface area (Å²) in [5, 5.41) is 3.82. The van der Waals surface area contributed by atoms with Crippen LogP contribution in [0.3, 0.4) is 0 Å². The van der Waals surface area contributed by atoms with Crippen LogP contribution in [-0.4, -0.2) is 41.5 Å². The Morgan fingerprint density at radius 2 is 1.71 bits per heavy atom. The molecule has 0 aliphatic carbocycles. The summed E-state index contributed by atoms with van der Waals surface area (Å²) >= 11 is 11.6. The number of amides is 2. The first-order valence-electron chi connectivity index (χ1n) is 10.8. The van der Waals surface area contributed by atoms with Crippen LogP contribution in [0, 0.1) is 0 Å². The van der Waals surface area contributed by atoms with Crippen molar-refractivity contribution in [1.82, 2.24) is 4.90 Å². The lowest BCUT2D eigenvalue weighted by atomic mass is 10.1. The van der Waals surface area contributed by atoms with Crippen LogP contribution in [0.25, 0.3) is 0 Å². The smallest absolute Gasteiger partial charge is 0.256 e. The molecule has 0 radical (unpaired) electrons. The first kappa shape index (κ1) is 23.7. The number of halogens is 1. The summed E-state index contributed by atoms with van der Waals surface area (Å²) < 4.78 is 5.22. The summed E-state index contributed by atoms with van der Waals surface area (Å²) in [5.41, 5.74) is 2.39. The van der Waals surface area contributed by atoms with Gasteiger partial charge in [-0.05, 0) is 72.7 Å². The lowest BCUT2D eigenvalue weighted by Gasteiger charge is -2.24. The molecule has 3 aromatic carbocycles. The molecule has 0 saturated carbocycles. The van der Waals surface area contributed by atoms with E-state index in [2.05, 4.69) is 5.32 Å². The largest absolute Gasteiger partial charge is 0.497 e. The van der Waals surface area contributed by atoms with E-state index in [1.807, 2.05) is 59.5 Å². The Morgan fingerprint density at radius 1 is 1.03 bits per heavy atom. The van der Waals surface area contributed by atoms with E-state index in [-0.39, 0.29) is 18.2 Å². The summed E-state index contributed by atoms with van der Waals surface area (Å²) in [6.45, 7) is 0.499. The normalized spacial score (nSPS) is 15.5. The molecule has 1 fully saturated rings. The highest BCUT2D eigenvalue weighted by molar-refractivity contribution is 7.80. The van der Waals surface area contributed by atoms with Crippen molar-refractivity contribution in [3.63, 3.8) is 0 Å². The fourth-order valence-corrected chi connectivity index (χ4v) is 4.40. The van der Waals surface area contributed by atoms with Crippen LogP contribution < -0.4 is 15.0 Å². The fraction of sp³-hybridized carbons (Fsp3) is 0.192. The number of thiocarbonyl (C=S) groups is 1. The van der Waals surface area contributed by atoms with Gasteiger partial charge in [0.25, 0.3) is 5.91 Å². The van der Waals surface area contributed by atoms with Crippen LogP contribution in [0.5, 0.6) is 5.75 Å². The summed E-state index contributed by atoms with van der Waals surface area (Å²) in [5.74, 6) is 0.299. The van der Waals surface area contributed by atoms with E-state index in [1.54, 1.807) is 31.4 Å².